The molecule has 358 valence electrons. The van der Waals surface area contributed by atoms with Gasteiger partial charge in [0.1, 0.15) is 36.6 Å². The highest BCUT2D eigenvalue weighted by Crippen LogP contribution is 2.47. The number of rotatable bonds is 41. The Balaban J connectivity index is 2.44. The molecule has 0 aromatic rings. The molecule has 1 aliphatic rings. The average Bonchev–Trinajstić information content (AvgIpc) is 3.22. The zero-order chi connectivity index (χ0) is 44.4. The van der Waals surface area contributed by atoms with Crippen LogP contribution in [0.1, 0.15) is 226 Å². The first-order valence-electron chi connectivity index (χ1n) is 24.6. The van der Waals surface area contributed by atoms with Gasteiger partial charge >= 0.3 is 7.82 Å². The summed E-state index contributed by atoms with van der Waals surface area (Å²) in [4.78, 5) is 23.4. The van der Waals surface area contributed by atoms with Crippen molar-refractivity contribution in [2.45, 2.75) is 281 Å². The van der Waals surface area contributed by atoms with Crippen molar-refractivity contribution in [3.63, 3.8) is 0 Å². The highest BCUT2D eigenvalue weighted by Gasteiger charge is 2.51. The Kier molecular flexibility index (Phi) is 35.0. The van der Waals surface area contributed by atoms with Gasteiger partial charge in [0.25, 0.3) is 0 Å². The van der Waals surface area contributed by atoms with Crippen LogP contribution in [0, 0.1) is 0 Å². The van der Waals surface area contributed by atoms with Crippen molar-refractivity contribution < 1.29 is 59.0 Å². The molecule has 0 spiro atoms. The minimum Gasteiger partial charge on any atom is -0.393 e. The summed E-state index contributed by atoms with van der Waals surface area (Å²) < 4.78 is 22.9. The van der Waals surface area contributed by atoms with Crippen LogP contribution in [-0.2, 0) is 18.4 Å². The highest BCUT2D eigenvalue weighted by molar-refractivity contribution is 7.47. The Morgan fingerprint density at radius 1 is 0.517 bits per heavy atom. The lowest BCUT2D eigenvalue weighted by Gasteiger charge is -2.41. The Labute approximate surface area is 364 Å². The molecule has 14 heteroatoms. The number of hydrogen-bond donors (Lipinski definition) is 9. The molecule has 0 heterocycles. The number of aliphatic hydroxyl groups excluding tert-OH is 7. The Morgan fingerprint density at radius 2 is 0.833 bits per heavy atom. The van der Waals surface area contributed by atoms with Crippen LogP contribution in [0.4, 0.5) is 0 Å². The van der Waals surface area contributed by atoms with E-state index in [1.165, 1.54) is 135 Å². The van der Waals surface area contributed by atoms with Crippen molar-refractivity contribution >= 4 is 13.7 Å². The molecule has 0 aliphatic heterocycles. The fourth-order valence-electron chi connectivity index (χ4n) is 8.19. The van der Waals surface area contributed by atoms with Crippen LogP contribution in [0.2, 0.25) is 0 Å². The van der Waals surface area contributed by atoms with Gasteiger partial charge in [-0.05, 0) is 12.8 Å². The maximum atomic E-state index is 13.0. The van der Waals surface area contributed by atoms with E-state index in [0.717, 1.165) is 51.4 Å². The molecule has 8 atom stereocenters. The van der Waals surface area contributed by atoms with Crippen molar-refractivity contribution in [2.75, 3.05) is 6.61 Å². The van der Waals surface area contributed by atoms with Crippen molar-refractivity contribution in [3.8, 4) is 0 Å². The van der Waals surface area contributed by atoms with Gasteiger partial charge in [0.15, 0.2) is 0 Å². The maximum absolute atomic E-state index is 13.0. The number of amides is 1. The minimum absolute atomic E-state index is 0.217. The van der Waals surface area contributed by atoms with Gasteiger partial charge < -0.3 is 46.0 Å². The van der Waals surface area contributed by atoms with E-state index in [9.17, 15) is 50.0 Å². The second-order valence-electron chi connectivity index (χ2n) is 17.9. The van der Waals surface area contributed by atoms with Crippen molar-refractivity contribution in [3.05, 3.63) is 0 Å². The Hall–Kier alpha value is -0.700. The van der Waals surface area contributed by atoms with E-state index in [0.29, 0.717) is 12.8 Å². The van der Waals surface area contributed by atoms with Gasteiger partial charge in [-0.3, -0.25) is 13.8 Å². The smallest absolute Gasteiger partial charge is 0.393 e. The molecular weight excluding hydrogens is 789 g/mol. The molecule has 60 heavy (non-hydrogen) atoms. The summed E-state index contributed by atoms with van der Waals surface area (Å²) >= 11 is 0. The van der Waals surface area contributed by atoms with Gasteiger partial charge in [-0.1, -0.05) is 206 Å². The molecular formula is C46H92NO12P. The highest BCUT2D eigenvalue weighted by atomic mass is 31.2. The number of nitrogens with one attached hydrogen (secondary N) is 1. The van der Waals surface area contributed by atoms with Crippen LogP contribution >= 0.6 is 7.82 Å². The number of hydrogen-bond acceptors (Lipinski definition) is 11. The lowest BCUT2D eigenvalue weighted by atomic mass is 9.85. The van der Waals surface area contributed by atoms with E-state index in [1.54, 1.807) is 0 Å². The normalized spacial score (nSPS) is 23.3. The van der Waals surface area contributed by atoms with Crippen LogP contribution in [0.5, 0.6) is 0 Å². The largest absolute Gasteiger partial charge is 0.472 e. The molecule has 8 unspecified atom stereocenters. The monoisotopic (exact) mass is 882 g/mol. The van der Waals surface area contributed by atoms with Crippen LogP contribution in [0.15, 0.2) is 0 Å². The Morgan fingerprint density at radius 3 is 1.20 bits per heavy atom. The fraction of sp³-hybridized carbons (Fsp3) is 0.978. The van der Waals surface area contributed by atoms with Crippen molar-refractivity contribution in [1.82, 2.24) is 5.32 Å². The maximum Gasteiger partial charge on any atom is 0.472 e. The van der Waals surface area contributed by atoms with Gasteiger partial charge in [-0.2, -0.15) is 0 Å². The SMILES string of the molecule is CCCCCCCCCCCCCCCCCCCCCCCC(O)C(COP(=O)(O)OC1C(O)C(O)C(O)C(O)C1O)NC(=O)CC(O)CCCCCCCCCCC. The summed E-state index contributed by atoms with van der Waals surface area (Å²) in [7, 11) is -5.11. The molecule has 1 rings (SSSR count). The molecule has 1 fully saturated rings. The number of aliphatic hydroxyl groups is 7. The molecule has 13 nitrogen and oxygen atoms in total. The van der Waals surface area contributed by atoms with Gasteiger partial charge in [0.05, 0.1) is 31.3 Å². The second-order valence-corrected chi connectivity index (χ2v) is 19.3. The number of phosphoric acid groups is 1. The first-order valence-corrected chi connectivity index (χ1v) is 26.1. The standard InChI is InChI=1S/C46H92NO12P/c1-3-5-7-9-11-13-14-15-16-17-18-19-20-21-22-23-24-26-28-30-32-34-39(49)38(47-40(50)35-37(48)33-31-29-27-25-12-10-8-6-4-2)36-58-60(56,57)59-46-44(54)42(52)41(51)43(53)45(46)55/h37-39,41-46,48-49,51-55H,3-36H2,1-2H3,(H,47,50)(H,56,57). The summed E-state index contributed by atoms with van der Waals surface area (Å²) in [5.74, 6) is -0.558. The summed E-state index contributed by atoms with van der Waals surface area (Å²) in [6.07, 6.45) is 23.1. The summed E-state index contributed by atoms with van der Waals surface area (Å²) in [5, 5.41) is 74.6. The lowest BCUT2D eigenvalue weighted by molar-refractivity contribution is -0.220. The third-order valence-corrected chi connectivity index (χ3v) is 13.2. The summed E-state index contributed by atoms with van der Waals surface area (Å²) in [5.41, 5.74) is 0. The predicted octanol–water partition coefficient (Wildman–Crippen LogP) is 8.43. The topological polar surface area (TPSA) is 226 Å². The second kappa shape index (κ2) is 36.6. The summed E-state index contributed by atoms with van der Waals surface area (Å²) in [6.45, 7) is 3.78. The molecule has 0 radical (unpaired) electrons. The zero-order valence-corrected chi connectivity index (χ0v) is 38.8. The van der Waals surface area contributed by atoms with Crippen LogP contribution in [0.3, 0.4) is 0 Å². The molecule has 1 saturated carbocycles. The quantitative estimate of drug-likeness (QED) is 0.0208. The van der Waals surface area contributed by atoms with E-state index in [2.05, 4.69) is 19.2 Å². The van der Waals surface area contributed by atoms with Crippen molar-refractivity contribution in [2.24, 2.45) is 0 Å². The van der Waals surface area contributed by atoms with Crippen molar-refractivity contribution in [1.29, 1.82) is 0 Å². The van der Waals surface area contributed by atoms with E-state index < -0.39 is 75.2 Å². The van der Waals surface area contributed by atoms with Crippen LogP contribution < -0.4 is 5.32 Å². The van der Waals surface area contributed by atoms with E-state index >= 15 is 0 Å². The minimum atomic E-state index is -5.11. The average molecular weight is 882 g/mol. The molecule has 0 aromatic heterocycles. The fourth-order valence-corrected chi connectivity index (χ4v) is 9.16. The van der Waals surface area contributed by atoms with Gasteiger partial charge in [-0.25, -0.2) is 4.57 Å². The molecule has 9 N–H and O–H groups in total. The third-order valence-electron chi connectivity index (χ3n) is 12.2. The van der Waals surface area contributed by atoms with Crippen LogP contribution in [0.25, 0.3) is 0 Å². The zero-order valence-electron chi connectivity index (χ0n) is 37.9. The van der Waals surface area contributed by atoms with Gasteiger partial charge in [0.2, 0.25) is 5.91 Å². The lowest BCUT2D eigenvalue weighted by Crippen LogP contribution is -2.64. The van der Waals surface area contributed by atoms with E-state index in [1.807, 2.05) is 0 Å². The number of carbonyl (C=O) groups is 1. The third kappa shape index (κ3) is 28.2. The van der Waals surface area contributed by atoms with E-state index in [4.69, 9.17) is 9.05 Å². The van der Waals surface area contributed by atoms with Crippen LogP contribution in [-0.4, -0.2) is 108 Å². The number of phosphoric ester groups is 1. The first-order chi connectivity index (χ1) is 28.8. The van der Waals surface area contributed by atoms with Gasteiger partial charge in [0, 0.05) is 0 Å². The van der Waals surface area contributed by atoms with Gasteiger partial charge in [-0.15, -0.1) is 0 Å². The predicted molar refractivity (Wildman–Crippen MR) is 238 cm³/mol. The first kappa shape index (κ1) is 57.3. The Bertz CT molecular complexity index is 1040. The molecule has 0 aromatic carbocycles. The summed E-state index contributed by atoms with van der Waals surface area (Å²) in [6, 6.07) is -1.15. The van der Waals surface area contributed by atoms with E-state index in [-0.39, 0.29) is 12.8 Å². The molecule has 0 saturated heterocycles. The molecule has 0 bridgehead atoms. The molecule has 1 aliphatic carbocycles. The molecule has 1 amide bonds. The number of unbranched alkanes of at least 4 members (excludes halogenated alkanes) is 28. The number of carbonyl (C=O) groups excluding carboxylic acids is 1.